The molecule has 0 unspecified atom stereocenters. The van der Waals surface area contributed by atoms with Crippen LogP contribution in [0.1, 0.15) is 5.69 Å². The molecular formula is C10H7BrN2O2. The Labute approximate surface area is 94.7 Å². The van der Waals surface area contributed by atoms with Crippen LogP contribution < -0.4 is 4.90 Å². The predicted octanol–water partition coefficient (Wildman–Crippen LogP) is 1.58. The first-order valence-corrected chi connectivity index (χ1v) is 5.08. The molecular weight excluding hydrogens is 260 g/mol. The first kappa shape index (κ1) is 10.0. The minimum atomic E-state index is -0.353. The number of carbonyl (C=O) groups is 2. The molecule has 0 fully saturated rings. The second-order valence-corrected chi connectivity index (χ2v) is 3.94. The van der Waals surface area contributed by atoms with Gasteiger partial charge in [-0.25, -0.2) is 9.88 Å². The van der Waals surface area contributed by atoms with Crippen LogP contribution >= 0.6 is 15.9 Å². The van der Waals surface area contributed by atoms with Gasteiger partial charge in [-0.1, -0.05) is 0 Å². The van der Waals surface area contributed by atoms with Gasteiger partial charge in [0, 0.05) is 16.6 Å². The summed E-state index contributed by atoms with van der Waals surface area (Å²) in [5.74, 6) is -0.348. The maximum atomic E-state index is 11.3. The van der Waals surface area contributed by atoms with Crippen LogP contribution in [0, 0.1) is 6.92 Å². The average Bonchev–Trinajstić information content (AvgIpc) is 2.52. The number of hydrogen-bond donors (Lipinski definition) is 0. The molecule has 0 bridgehead atoms. The Morgan fingerprint density at radius 2 is 1.80 bits per heavy atom. The van der Waals surface area contributed by atoms with Crippen LogP contribution in [-0.4, -0.2) is 16.8 Å². The minimum absolute atomic E-state index is 0.353. The van der Waals surface area contributed by atoms with E-state index in [1.807, 2.05) is 0 Å². The number of anilines is 1. The number of aryl methyl sites for hydroxylation is 1. The van der Waals surface area contributed by atoms with Crippen LogP contribution in [0.4, 0.5) is 5.82 Å². The molecule has 1 aliphatic heterocycles. The summed E-state index contributed by atoms with van der Waals surface area (Å²) in [6.07, 6.45) is 2.47. The first-order valence-electron chi connectivity index (χ1n) is 4.29. The van der Waals surface area contributed by atoms with Crippen LogP contribution in [0.3, 0.4) is 0 Å². The Hall–Kier alpha value is -1.49. The number of rotatable bonds is 1. The summed E-state index contributed by atoms with van der Waals surface area (Å²) >= 11 is 3.30. The number of carbonyl (C=O) groups excluding carboxylic acids is 2. The summed E-state index contributed by atoms with van der Waals surface area (Å²) in [6, 6.07) is 3.39. The molecule has 5 heteroatoms. The van der Waals surface area contributed by atoms with E-state index in [-0.39, 0.29) is 11.8 Å². The maximum absolute atomic E-state index is 11.3. The van der Waals surface area contributed by atoms with E-state index in [0.717, 1.165) is 15.1 Å². The molecule has 2 amide bonds. The van der Waals surface area contributed by atoms with E-state index >= 15 is 0 Å². The summed E-state index contributed by atoms with van der Waals surface area (Å²) in [6.45, 7) is 1.80. The second-order valence-electron chi connectivity index (χ2n) is 3.08. The Morgan fingerprint density at radius 1 is 1.20 bits per heavy atom. The average molecular weight is 267 g/mol. The van der Waals surface area contributed by atoms with Gasteiger partial charge in [0.15, 0.2) is 0 Å². The van der Waals surface area contributed by atoms with Crippen LogP contribution in [0.25, 0.3) is 0 Å². The molecule has 76 valence electrons. The largest absolute Gasteiger partial charge is 0.269 e. The van der Waals surface area contributed by atoms with Crippen molar-refractivity contribution in [3.05, 3.63) is 34.5 Å². The highest BCUT2D eigenvalue weighted by molar-refractivity contribution is 9.10. The van der Waals surface area contributed by atoms with E-state index < -0.39 is 0 Å². The lowest BCUT2D eigenvalue weighted by Crippen LogP contribution is -2.30. The van der Waals surface area contributed by atoms with Gasteiger partial charge in [0.2, 0.25) is 0 Å². The lowest BCUT2D eigenvalue weighted by atomic mass is 10.3. The molecule has 1 aliphatic rings. The maximum Gasteiger partial charge on any atom is 0.259 e. The van der Waals surface area contributed by atoms with E-state index in [2.05, 4.69) is 20.9 Å². The number of amides is 2. The van der Waals surface area contributed by atoms with Gasteiger partial charge >= 0.3 is 0 Å². The zero-order valence-corrected chi connectivity index (χ0v) is 9.48. The van der Waals surface area contributed by atoms with E-state index in [9.17, 15) is 9.59 Å². The highest BCUT2D eigenvalue weighted by Crippen LogP contribution is 2.21. The molecule has 1 aromatic heterocycles. The lowest BCUT2D eigenvalue weighted by molar-refractivity contribution is -0.120. The van der Waals surface area contributed by atoms with Gasteiger partial charge in [-0.15, -0.1) is 0 Å². The van der Waals surface area contributed by atoms with Crippen molar-refractivity contribution >= 4 is 33.6 Å². The zero-order chi connectivity index (χ0) is 11.0. The SMILES string of the molecule is Cc1nc(N2C(=O)C=CC2=O)ccc1Br. The second kappa shape index (κ2) is 3.58. The molecule has 0 aromatic carbocycles. The Kier molecular flexibility index (Phi) is 2.40. The van der Waals surface area contributed by atoms with Gasteiger partial charge in [-0.2, -0.15) is 0 Å². The van der Waals surface area contributed by atoms with Crippen LogP contribution in [0.15, 0.2) is 28.8 Å². The predicted molar refractivity (Wildman–Crippen MR) is 58.3 cm³/mol. The Balaban J connectivity index is 2.42. The minimum Gasteiger partial charge on any atom is -0.269 e. The van der Waals surface area contributed by atoms with Crippen molar-refractivity contribution in [3.8, 4) is 0 Å². The summed E-state index contributed by atoms with van der Waals surface area (Å²) in [4.78, 5) is 27.9. The van der Waals surface area contributed by atoms with Crippen molar-refractivity contribution in [2.24, 2.45) is 0 Å². The number of nitrogens with zero attached hydrogens (tertiary/aromatic N) is 2. The Bertz CT molecular complexity index is 464. The quantitative estimate of drug-likeness (QED) is 0.726. The molecule has 1 aromatic rings. The van der Waals surface area contributed by atoms with Gasteiger partial charge < -0.3 is 0 Å². The topological polar surface area (TPSA) is 50.3 Å². The van der Waals surface area contributed by atoms with Gasteiger partial charge in [0.1, 0.15) is 5.82 Å². The normalized spacial score (nSPS) is 15.2. The molecule has 15 heavy (non-hydrogen) atoms. The molecule has 0 saturated carbocycles. The van der Waals surface area contributed by atoms with Gasteiger partial charge in [0.05, 0.1) is 5.69 Å². The van der Waals surface area contributed by atoms with Crippen molar-refractivity contribution in [3.63, 3.8) is 0 Å². The van der Waals surface area contributed by atoms with E-state index in [1.165, 1.54) is 12.2 Å². The fourth-order valence-electron chi connectivity index (χ4n) is 1.28. The van der Waals surface area contributed by atoms with Crippen LogP contribution in [0.2, 0.25) is 0 Å². The molecule has 0 aliphatic carbocycles. The van der Waals surface area contributed by atoms with Crippen molar-refractivity contribution in [1.82, 2.24) is 4.98 Å². The molecule has 2 rings (SSSR count). The highest BCUT2D eigenvalue weighted by atomic mass is 79.9. The number of halogens is 1. The van der Waals surface area contributed by atoms with E-state index in [1.54, 1.807) is 19.1 Å². The molecule has 0 N–H and O–H groups in total. The molecule has 0 saturated heterocycles. The summed E-state index contributed by atoms with van der Waals surface area (Å²) < 4.78 is 0.846. The number of imide groups is 1. The lowest BCUT2D eigenvalue weighted by Gasteiger charge is -2.13. The van der Waals surface area contributed by atoms with Gasteiger partial charge in [0.25, 0.3) is 11.8 Å². The first-order chi connectivity index (χ1) is 7.09. The van der Waals surface area contributed by atoms with Crippen molar-refractivity contribution < 1.29 is 9.59 Å². The fourth-order valence-corrected chi connectivity index (χ4v) is 1.50. The zero-order valence-electron chi connectivity index (χ0n) is 7.90. The molecule has 0 atom stereocenters. The van der Waals surface area contributed by atoms with Crippen LogP contribution in [-0.2, 0) is 9.59 Å². The van der Waals surface area contributed by atoms with Crippen molar-refractivity contribution in [1.29, 1.82) is 0 Å². The van der Waals surface area contributed by atoms with Crippen molar-refractivity contribution in [2.45, 2.75) is 6.92 Å². The Morgan fingerprint density at radius 3 is 2.33 bits per heavy atom. The molecule has 2 heterocycles. The van der Waals surface area contributed by atoms with Gasteiger partial charge in [-0.05, 0) is 35.0 Å². The number of aromatic nitrogens is 1. The van der Waals surface area contributed by atoms with E-state index in [4.69, 9.17) is 0 Å². The van der Waals surface area contributed by atoms with E-state index in [0.29, 0.717) is 5.82 Å². The monoisotopic (exact) mass is 266 g/mol. The third kappa shape index (κ3) is 1.70. The third-order valence-electron chi connectivity index (χ3n) is 2.04. The number of hydrogen-bond acceptors (Lipinski definition) is 3. The summed E-state index contributed by atoms with van der Waals surface area (Å²) in [5.41, 5.74) is 0.736. The third-order valence-corrected chi connectivity index (χ3v) is 2.88. The van der Waals surface area contributed by atoms with Crippen LogP contribution in [0.5, 0.6) is 0 Å². The smallest absolute Gasteiger partial charge is 0.259 e. The van der Waals surface area contributed by atoms with Gasteiger partial charge in [-0.3, -0.25) is 9.59 Å². The highest BCUT2D eigenvalue weighted by Gasteiger charge is 2.26. The van der Waals surface area contributed by atoms with Crippen molar-refractivity contribution in [2.75, 3.05) is 4.90 Å². The number of pyridine rings is 1. The molecule has 0 radical (unpaired) electrons. The fraction of sp³-hybridized carbons (Fsp3) is 0.100. The standard InChI is InChI=1S/C10H7BrN2O2/c1-6-7(11)2-3-8(12-6)13-9(14)4-5-10(13)15/h2-5H,1H3. The summed E-state index contributed by atoms with van der Waals surface area (Å²) in [7, 11) is 0. The molecule has 4 nitrogen and oxygen atoms in total. The molecule has 0 spiro atoms. The summed E-state index contributed by atoms with van der Waals surface area (Å²) in [5, 5.41) is 0.